The van der Waals surface area contributed by atoms with Gasteiger partial charge in [0.25, 0.3) is 5.91 Å². The Morgan fingerprint density at radius 2 is 1.96 bits per heavy atom. The maximum absolute atomic E-state index is 12.7. The monoisotopic (exact) mass is 334 g/mol. The van der Waals surface area contributed by atoms with Crippen LogP contribution in [0.25, 0.3) is 0 Å². The van der Waals surface area contributed by atoms with E-state index in [1.54, 1.807) is 0 Å². The molecule has 3 heterocycles. The summed E-state index contributed by atoms with van der Waals surface area (Å²) >= 11 is 0. The number of aryl methyl sites for hydroxylation is 2. The summed E-state index contributed by atoms with van der Waals surface area (Å²) in [4.78, 5) is 17.2. The normalized spacial score (nSPS) is 23.6. The van der Waals surface area contributed by atoms with Gasteiger partial charge in [0.1, 0.15) is 5.76 Å². The van der Waals surface area contributed by atoms with E-state index >= 15 is 0 Å². The fourth-order valence-corrected chi connectivity index (χ4v) is 3.94. The number of likely N-dealkylation sites (tertiary alicyclic amines) is 1. The van der Waals surface area contributed by atoms with Gasteiger partial charge in [-0.25, -0.2) is 0 Å². The van der Waals surface area contributed by atoms with Crippen molar-refractivity contribution in [2.75, 3.05) is 32.8 Å². The lowest BCUT2D eigenvalue weighted by atomic mass is 10.0. The lowest BCUT2D eigenvalue weighted by Gasteiger charge is -2.41. The second-order valence-corrected chi connectivity index (χ2v) is 6.97. The third-order valence-corrected chi connectivity index (χ3v) is 5.35. The summed E-state index contributed by atoms with van der Waals surface area (Å²) in [5.41, 5.74) is 1.16. The molecule has 1 unspecified atom stereocenters. The van der Waals surface area contributed by atoms with Gasteiger partial charge in [-0.3, -0.25) is 9.69 Å². The highest BCUT2D eigenvalue weighted by atomic mass is 16.5. The van der Waals surface area contributed by atoms with Crippen LogP contribution >= 0.6 is 0 Å². The molecule has 5 heteroatoms. The standard InChI is InChI=1S/C19H30N2O3/c1-4-15-12-18(24-17(15)5-2)19(22)20-8-6-16(7-9-20)21-10-11-23-14(3)13-21/h12,14,16H,4-11,13H2,1-3H3. The van der Waals surface area contributed by atoms with Gasteiger partial charge in [0.05, 0.1) is 12.7 Å². The molecule has 5 nitrogen and oxygen atoms in total. The summed E-state index contributed by atoms with van der Waals surface area (Å²) in [5, 5.41) is 0. The van der Waals surface area contributed by atoms with Crippen LogP contribution in [0.3, 0.4) is 0 Å². The summed E-state index contributed by atoms with van der Waals surface area (Å²) < 4.78 is 11.4. The van der Waals surface area contributed by atoms with E-state index in [0.717, 1.165) is 69.8 Å². The van der Waals surface area contributed by atoms with Gasteiger partial charge in [0.15, 0.2) is 5.76 Å². The van der Waals surface area contributed by atoms with Crippen LogP contribution in [-0.4, -0.2) is 60.6 Å². The van der Waals surface area contributed by atoms with Crippen molar-refractivity contribution in [3.05, 3.63) is 23.2 Å². The van der Waals surface area contributed by atoms with Crippen LogP contribution in [0.5, 0.6) is 0 Å². The second kappa shape index (κ2) is 7.70. The fraction of sp³-hybridized carbons (Fsp3) is 0.737. The van der Waals surface area contributed by atoms with E-state index in [9.17, 15) is 4.79 Å². The number of rotatable bonds is 4. The average molecular weight is 334 g/mol. The van der Waals surface area contributed by atoms with E-state index in [1.165, 1.54) is 0 Å². The number of amides is 1. The van der Waals surface area contributed by atoms with E-state index in [0.29, 0.717) is 17.9 Å². The first-order chi connectivity index (χ1) is 11.6. The van der Waals surface area contributed by atoms with Crippen molar-refractivity contribution in [1.82, 2.24) is 9.80 Å². The summed E-state index contributed by atoms with van der Waals surface area (Å²) in [6, 6.07) is 2.52. The molecule has 1 atom stereocenters. The van der Waals surface area contributed by atoms with E-state index in [2.05, 4.69) is 25.7 Å². The quantitative estimate of drug-likeness (QED) is 0.849. The Hall–Kier alpha value is -1.33. The molecule has 0 N–H and O–H groups in total. The number of hydrogen-bond donors (Lipinski definition) is 0. The molecule has 0 bridgehead atoms. The van der Waals surface area contributed by atoms with E-state index in [-0.39, 0.29) is 5.91 Å². The van der Waals surface area contributed by atoms with Gasteiger partial charge in [-0.2, -0.15) is 0 Å². The molecule has 2 fully saturated rings. The van der Waals surface area contributed by atoms with Crippen molar-refractivity contribution in [3.8, 4) is 0 Å². The number of nitrogens with zero attached hydrogens (tertiary/aromatic N) is 2. The van der Waals surface area contributed by atoms with Crippen molar-refractivity contribution in [3.63, 3.8) is 0 Å². The zero-order chi connectivity index (χ0) is 17.1. The maximum Gasteiger partial charge on any atom is 0.289 e. The van der Waals surface area contributed by atoms with Gasteiger partial charge >= 0.3 is 0 Å². The molecule has 0 spiro atoms. The number of hydrogen-bond acceptors (Lipinski definition) is 4. The highest BCUT2D eigenvalue weighted by Gasteiger charge is 2.30. The molecule has 0 saturated carbocycles. The molecule has 3 rings (SSSR count). The molecule has 0 radical (unpaired) electrons. The first-order valence-corrected chi connectivity index (χ1v) is 9.38. The topological polar surface area (TPSA) is 45.9 Å². The van der Waals surface area contributed by atoms with Gasteiger partial charge in [0.2, 0.25) is 0 Å². The summed E-state index contributed by atoms with van der Waals surface area (Å²) in [6.07, 6.45) is 4.16. The zero-order valence-electron chi connectivity index (χ0n) is 15.2. The van der Waals surface area contributed by atoms with Crippen LogP contribution in [0, 0.1) is 0 Å². The smallest absolute Gasteiger partial charge is 0.289 e. The van der Waals surface area contributed by atoms with Crippen molar-refractivity contribution >= 4 is 5.91 Å². The Balaban J connectivity index is 1.58. The van der Waals surface area contributed by atoms with Gasteiger partial charge in [-0.15, -0.1) is 0 Å². The molecule has 2 saturated heterocycles. The van der Waals surface area contributed by atoms with Crippen molar-refractivity contribution in [2.24, 2.45) is 0 Å². The second-order valence-electron chi connectivity index (χ2n) is 6.97. The summed E-state index contributed by atoms with van der Waals surface area (Å²) in [6.45, 7) is 10.8. The zero-order valence-corrected chi connectivity index (χ0v) is 15.2. The first kappa shape index (κ1) is 17.5. The van der Waals surface area contributed by atoms with Crippen LogP contribution in [0.1, 0.15) is 55.5 Å². The van der Waals surface area contributed by atoms with E-state index < -0.39 is 0 Å². The summed E-state index contributed by atoms with van der Waals surface area (Å²) in [5.74, 6) is 1.53. The highest BCUT2D eigenvalue weighted by Crippen LogP contribution is 2.23. The molecular weight excluding hydrogens is 304 g/mol. The molecule has 1 aromatic heterocycles. The third kappa shape index (κ3) is 3.67. The predicted octanol–water partition coefficient (Wildman–Crippen LogP) is 2.73. The predicted molar refractivity (Wildman–Crippen MR) is 93.4 cm³/mol. The van der Waals surface area contributed by atoms with Crippen molar-refractivity contribution in [2.45, 2.75) is 58.6 Å². The first-order valence-electron chi connectivity index (χ1n) is 9.38. The summed E-state index contributed by atoms with van der Waals surface area (Å²) in [7, 11) is 0. The lowest BCUT2D eigenvalue weighted by molar-refractivity contribution is -0.0424. The molecule has 1 amide bonds. The van der Waals surface area contributed by atoms with Crippen molar-refractivity contribution < 1.29 is 13.9 Å². The molecule has 0 aromatic carbocycles. The minimum Gasteiger partial charge on any atom is -0.456 e. The number of morpholine rings is 1. The molecule has 2 aliphatic rings. The molecule has 2 aliphatic heterocycles. The van der Waals surface area contributed by atoms with Gasteiger partial charge in [-0.05, 0) is 37.8 Å². The average Bonchev–Trinajstić information content (AvgIpc) is 3.04. The van der Waals surface area contributed by atoms with Crippen LogP contribution in [0.15, 0.2) is 10.5 Å². The van der Waals surface area contributed by atoms with E-state index in [1.807, 2.05) is 11.0 Å². The number of piperidine rings is 1. The minimum absolute atomic E-state index is 0.0539. The lowest BCUT2D eigenvalue weighted by Crippen LogP contribution is -2.51. The Kier molecular flexibility index (Phi) is 5.61. The molecule has 0 aliphatic carbocycles. The van der Waals surface area contributed by atoms with Crippen molar-refractivity contribution in [1.29, 1.82) is 0 Å². The Labute approximate surface area is 144 Å². The highest BCUT2D eigenvalue weighted by molar-refractivity contribution is 5.91. The van der Waals surface area contributed by atoms with Gasteiger partial charge in [-0.1, -0.05) is 13.8 Å². The molecule has 24 heavy (non-hydrogen) atoms. The van der Waals surface area contributed by atoms with Gasteiger partial charge < -0.3 is 14.1 Å². The number of carbonyl (C=O) groups is 1. The fourth-order valence-electron chi connectivity index (χ4n) is 3.94. The van der Waals surface area contributed by atoms with Crippen LogP contribution in [0.4, 0.5) is 0 Å². The van der Waals surface area contributed by atoms with Crippen LogP contribution in [0.2, 0.25) is 0 Å². The van der Waals surface area contributed by atoms with Crippen LogP contribution < -0.4 is 0 Å². The Bertz CT molecular complexity index is 539. The minimum atomic E-state index is 0.0539. The number of furan rings is 1. The molecule has 134 valence electrons. The maximum atomic E-state index is 12.7. The van der Waals surface area contributed by atoms with Crippen LogP contribution in [-0.2, 0) is 17.6 Å². The SMILES string of the molecule is CCc1cc(C(=O)N2CCC(N3CCOC(C)C3)CC2)oc1CC. The largest absolute Gasteiger partial charge is 0.456 e. The molecule has 1 aromatic rings. The van der Waals surface area contributed by atoms with E-state index in [4.69, 9.17) is 9.15 Å². The Morgan fingerprint density at radius 3 is 2.54 bits per heavy atom. The third-order valence-electron chi connectivity index (χ3n) is 5.35. The van der Waals surface area contributed by atoms with Gasteiger partial charge in [0, 0.05) is 38.6 Å². The Morgan fingerprint density at radius 1 is 1.21 bits per heavy atom. The molecular formula is C19H30N2O3. The number of carbonyl (C=O) groups excluding carboxylic acids is 1. The number of ether oxygens (including phenoxy) is 1.